The second-order valence-electron chi connectivity index (χ2n) is 8.68. The molecule has 0 bridgehead atoms. The molecule has 148 valence electrons. The second kappa shape index (κ2) is 7.61. The quantitative estimate of drug-likeness (QED) is 0.449. The first-order valence-electron chi connectivity index (χ1n) is 9.60. The molecule has 1 aliphatic carbocycles. The topological polar surface area (TPSA) is 40.6 Å². The van der Waals surface area contributed by atoms with E-state index >= 15 is 0 Å². The van der Waals surface area contributed by atoms with Crippen molar-refractivity contribution >= 4 is 30.8 Å². The molecule has 4 nitrogen and oxygen atoms in total. The SMILES string of the molecule is COc1cc2c(Cl)c3c(nc2cc1OCCO[Si](C)(C)C(C)(C)C)CCC3. The smallest absolute Gasteiger partial charge is 0.192 e. The summed E-state index contributed by atoms with van der Waals surface area (Å²) in [6, 6.07) is 3.87. The summed E-state index contributed by atoms with van der Waals surface area (Å²) in [4.78, 5) is 4.81. The van der Waals surface area contributed by atoms with Gasteiger partial charge in [-0.1, -0.05) is 32.4 Å². The van der Waals surface area contributed by atoms with Crippen molar-refractivity contribution in [1.82, 2.24) is 4.98 Å². The average molecular weight is 408 g/mol. The minimum absolute atomic E-state index is 0.189. The summed E-state index contributed by atoms with van der Waals surface area (Å²) < 4.78 is 17.7. The summed E-state index contributed by atoms with van der Waals surface area (Å²) in [5.41, 5.74) is 3.16. The van der Waals surface area contributed by atoms with Crippen molar-refractivity contribution in [1.29, 1.82) is 0 Å². The van der Waals surface area contributed by atoms with Crippen molar-refractivity contribution in [3.8, 4) is 11.5 Å². The fraction of sp³-hybridized carbons (Fsp3) is 0.571. The Labute approximate surface area is 168 Å². The van der Waals surface area contributed by atoms with Crippen LogP contribution in [0.25, 0.3) is 10.9 Å². The number of hydrogen-bond acceptors (Lipinski definition) is 4. The lowest BCUT2D eigenvalue weighted by Crippen LogP contribution is -2.41. The van der Waals surface area contributed by atoms with Crippen molar-refractivity contribution in [2.75, 3.05) is 20.3 Å². The molecule has 0 fully saturated rings. The number of halogens is 1. The Balaban J connectivity index is 1.77. The minimum atomic E-state index is -1.77. The van der Waals surface area contributed by atoms with Crippen LogP contribution in [0.4, 0.5) is 0 Å². The van der Waals surface area contributed by atoms with E-state index in [9.17, 15) is 0 Å². The van der Waals surface area contributed by atoms with Gasteiger partial charge in [0.25, 0.3) is 0 Å². The molecule has 1 aliphatic rings. The zero-order valence-corrected chi connectivity index (χ0v) is 19.0. The van der Waals surface area contributed by atoms with Crippen molar-refractivity contribution in [3.05, 3.63) is 28.4 Å². The Kier molecular flexibility index (Phi) is 5.76. The van der Waals surface area contributed by atoms with Crippen molar-refractivity contribution in [2.45, 2.75) is 58.2 Å². The van der Waals surface area contributed by atoms with Gasteiger partial charge >= 0.3 is 0 Å². The Morgan fingerprint density at radius 3 is 2.52 bits per heavy atom. The molecule has 0 saturated carbocycles. The number of benzene rings is 1. The molecule has 0 radical (unpaired) electrons. The third-order valence-electron chi connectivity index (χ3n) is 5.84. The van der Waals surface area contributed by atoms with E-state index in [0.29, 0.717) is 24.7 Å². The van der Waals surface area contributed by atoms with Crippen LogP contribution in [0.1, 0.15) is 38.4 Å². The van der Waals surface area contributed by atoms with E-state index in [4.69, 9.17) is 30.5 Å². The van der Waals surface area contributed by atoms with E-state index in [1.54, 1.807) is 7.11 Å². The van der Waals surface area contributed by atoms with Gasteiger partial charge in [0.1, 0.15) is 6.61 Å². The van der Waals surface area contributed by atoms with E-state index in [1.807, 2.05) is 12.1 Å². The maximum absolute atomic E-state index is 6.64. The van der Waals surface area contributed by atoms with E-state index in [0.717, 1.165) is 40.9 Å². The third kappa shape index (κ3) is 4.10. The Morgan fingerprint density at radius 1 is 1.11 bits per heavy atom. The van der Waals surface area contributed by atoms with Crippen LogP contribution in [-0.2, 0) is 17.3 Å². The molecule has 0 N–H and O–H groups in total. The van der Waals surface area contributed by atoms with Crippen LogP contribution in [0.5, 0.6) is 11.5 Å². The van der Waals surface area contributed by atoms with Crippen LogP contribution in [0.15, 0.2) is 12.1 Å². The lowest BCUT2D eigenvalue weighted by atomic mass is 10.1. The van der Waals surface area contributed by atoms with Crippen LogP contribution < -0.4 is 9.47 Å². The van der Waals surface area contributed by atoms with Crippen LogP contribution in [0.2, 0.25) is 23.2 Å². The predicted molar refractivity (Wildman–Crippen MR) is 114 cm³/mol. The van der Waals surface area contributed by atoms with Crippen molar-refractivity contribution in [2.24, 2.45) is 0 Å². The van der Waals surface area contributed by atoms with E-state index in [1.165, 1.54) is 5.56 Å². The van der Waals surface area contributed by atoms with Gasteiger partial charge in [-0.15, -0.1) is 0 Å². The van der Waals surface area contributed by atoms with Crippen molar-refractivity contribution in [3.63, 3.8) is 0 Å². The highest BCUT2D eigenvalue weighted by atomic mass is 35.5. The molecule has 0 aliphatic heterocycles. The van der Waals surface area contributed by atoms with E-state index < -0.39 is 8.32 Å². The highest BCUT2D eigenvalue weighted by Crippen LogP contribution is 2.39. The van der Waals surface area contributed by atoms with Gasteiger partial charge in [0, 0.05) is 17.1 Å². The number of ether oxygens (including phenoxy) is 2. The zero-order chi connectivity index (χ0) is 19.8. The molecule has 0 saturated heterocycles. The first-order chi connectivity index (χ1) is 12.6. The van der Waals surface area contributed by atoms with Crippen LogP contribution >= 0.6 is 11.6 Å². The number of aromatic nitrogens is 1. The first kappa shape index (κ1) is 20.4. The molecule has 0 atom stereocenters. The number of fused-ring (bicyclic) bond motifs is 2. The molecule has 0 unspecified atom stereocenters. The van der Waals surface area contributed by atoms with Gasteiger partial charge in [0.15, 0.2) is 19.8 Å². The zero-order valence-electron chi connectivity index (χ0n) is 17.2. The summed E-state index contributed by atoms with van der Waals surface area (Å²) >= 11 is 6.64. The summed E-state index contributed by atoms with van der Waals surface area (Å²) in [5.74, 6) is 1.36. The summed E-state index contributed by atoms with van der Waals surface area (Å²) in [5, 5.41) is 1.92. The number of methoxy groups -OCH3 is 1. The predicted octanol–water partition coefficient (Wildman–Crippen LogP) is 5.79. The van der Waals surface area contributed by atoms with E-state index in [-0.39, 0.29) is 5.04 Å². The highest BCUT2D eigenvalue weighted by Gasteiger charge is 2.36. The van der Waals surface area contributed by atoms with Gasteiger partial charge in [0.05, 0.1) is 24.3 Å². The summed E-state index contributed by atoms with van der Waals surface area (Å²) in [6.07, 6.45) is 3.11. The standard InChI is InChI=1S/C21H30ClNO3Si/c1-21(2,3)27(5,6)26-11-10-25-19-13-17-15(12-18(19)24-4)20(22)14-8-7-9-16(14)23-17/h12-13H,7-11H2,1-6H3. The molecule has 1 aromatic heterocycles. The van der Waals surface area contributed by atoms with Gasteiger partial charge in [-0.3, -0.25) is 4.98 Å². The number of pyridine rings is 1. The van der Waals surface area contributed by atoms with Gasteiger partial charge in [0.2, 0.25) is 0 Å². The van der Waals surface area contributed by atoms with E-state index in [2.05, 4.69) is 33.9 Å². The molecular formula is C21H30ClNO3Si. The maximum Gasteiger partial charge on any atom is 0.192 e. The third-order valence-corrected chi connectivity index (χ3v) is 10.8. The lowest BCUT2D eigenvalue weighted by Gasteiger charge is -2.36. The molecule has 1 aromatic carbocycles. The number of hydrogen-bond donors (Lipinski definition) is 0. The van der Waals surface area contributed by atoms with Crippen LogP contribution in [0, 0.1) is 0 Å². The van der Waals surface area contributed by atoms with Gasteiger partial charge in [-0.2, -0.15) is 0 Å². The summed E-state index contributed by atoms with van der Waals surface area (Å²) in [7, 11) is -0.121. The molecule has 3 rings (SSSR count). The summed E-state index contributed by atoms with van der Waals surface area (Å²) in [6.45, 7) is 12.2. The largest absolute Gasteiger partial charge is 0.493 e. The Bertz CT molecular complexity index is 846. The molecule has 6 heteroatoms. The van der Waals surface area contributed by atoms with Gasteiger partial charge < -0.3 is 13.9 Å². The molecule has 2 aromatic rings. The maximum atomic E-state index is 6.64. The molecule has 0 amide bonds. The second-order valence-corrected chi connectivity index (χ2v) is 13.9. The van der Waals surface area contributed by atoms with Crippen LogP contribution in [0.3, 0.4) is 0 Å². The fourth-order valence-corrected chi connectivity index (χ4v) is 4.53. The fourth-order valence-electron chi connectivity index (χ4n) is 3.15. The minimum Gasteiger partial charge on any atom is -0.493 e. The molecule has 1 heterocycles. The average Bonchev–Trinajstić information content (AvgIpc) is 3.06. The first-order valence-corrected chi connectivity index (χ1v) is 12.9. The Hall–Kier alpha value is -1.30. The van der Waals surface area contributed by atoms with Gasteiger partial charge in [-0.25, -0.2) is 0 Å². The van der Waals surface area contributed by atoms with Crippen LogP contribution in [-0.4, -0.2) is 33.6 Å². The highest BCUT2D eigenvalue weighted by molar-refractivity contribution is 6.74. The van der Waals surface area contributed by atoms with Crippen molar-refractivity contribution < 1.29 is 13.9 Å². The molecular weight excluding hydrogens is 378 g/mol. The normalized spacial score (nSPS) is 14.5. The number of aryl methyl sites for hydroxylation is 1. The monoisotopic (exact) mass is 407 g/mol. The Morgan fingerprint density at radius 2 is 1.85 bits per heavy atom. The number of nitrogens with zero attached hydrogens (tertiary/aromatic N) is 1. The molecule has 0 spiro atoms. The number of rotatable bonds is 6. The van der Waals surface area contributed by atoms with Gasteiger partial charge in [-0.05, 0) is 49.0 Å². The lowest BCUT2D eigenvalue weighted by molar-refractivity contribution is 0.199. The molecule has 27 heavy (non-hydrogen) atoms.